The van der Waals surface area contributed by atoms with Gasteiger partial charge >= 0.3 is 0 Å². The van der Waals surface area contributed by atoms with E-state index in [0.717, 1.165) is 17.8 Å². The smallest absolute Gasteiger partial charge is 0.266 e. The Morgan fingerprint density at radius 3 is 2.77 bits per heavy atom. The summed E-state index contributed by atoms with van der Waals surface area (Å²) in [6, 6.07) is 5.24. The minimum absolute atomic E-state index is 0.300. The van der Waals surface area contributed by atoms with Gasteiger partial charge in [0.1, 0.15) is 17.9 Å². The van der Waals surface area contributed by atoms with Crippen LogP contribution in [0.3, 0.4) is 0 Å². The van der Waals surface area contributed by atoms with Crippen molar-refractivity contribution in [3.63, 3.8) is 0 Å². The standard InChI is InChI=1S/C17H12F3N5O/c1-9-4-11(26-24-9)8-25-17-15(7-22-25)21-6-14(23-17)10-2-3-13(18)12(5-10)16(19)20/h2-7,16H,8H2,1H3. The van der Waals surface area contributed by atoms with Crippen LogP contribution in [0.1, 0.15) is 23.4 Å². The van der Waals surface area contributed by atoms with Gasteiger partial charge in [-0.15, -0.1) is 0 Å². The topological polar surface area (TPSA) is 69.6 Å². The van der Waals surface area contributed by atoms with Crippen LogP contribution in [0.25, 0.3) is 22.4 Å². The van der Waals surface area contributed by atoms with Crippen LogP contribution in [-0.4, -0.2) is 24.9 Å². The van der Waals surface area contributed by atoms with Crippen molar-refractivity contribution in [3.8, 4) is 11.3 Å². The van der Waals surface area contributed by atoms with Gasteiger partial charge < -0.3 is 4.52 Å². The van der Waals surface area contributed by atoms with Gasteiger partial charge in [0, 0.05) is 11.6 Å². The van der Waals surface area contributed by atoms with Crippen LogP contribution < -0.4 is 0 Å². The lowest BCUT2D eigenvalue weighted by Gasteiger charge is -2.06. The first kappa shape index (κ1) is 16.2. The quantitative estimate of drug-likeness (QED) is 0.552. The molecule has 0 fully saturated rings. The van der Waals surface area contributed by atoms with Gasteiger partial charge in [0.2, 0.25) is 0 Å². The van der Waals surface area contributed by atoms with Crippen molar-refractivity contribution < 1.29 is 17.7 Å². The van der Waals surface area contributed by atoms with E-state index in [1.165, 1.54) is 12.3 Å². The predicted octanol–water partition coefficient (Wildman–Crippen LogP) is 3.91. The van der Waals surface area contributed by atoms with Crippen molar-refractivity contribution in [3.05, 3.63) is 59.5 Å². The first-order valence-electron chi connectivity index (χ1n) is 7.70. The summed E-state index contributed by atoms with van der Waals surface area (Å²) in [6.07, 6.45) is 0.0758. The maximum absolute atomic E-state index is 13.5. The minimum atomic E-state index is -2.91. The molecule has 0 bridgehead atoms. The zero-order chi connectivity index (χ0) is 18.3. The van der Waals surface area contributed by atoms with Gasteiger partial charge in [0.15, 0.2) is 11.4 Å². The molecule has 0 saturated heterocycles. The highest BCUT2D eigenvalue weighted by Crippen LogP contribution is 2.27. The van der Waals surface area contributed by atoms with E-state index in [1.807, 2.05) is 0 Å². The Morgan fingerprint density at radius 1 is 1.19 bits per heavy atom. The molecular formula is C17H12F3N5O. The molecule has 0 aliphatic carbocycles. The van der Waals surface area contributed by atoms with E-state index in [9.17, 15) is 13.2 Å². The molecule has 0 unspecified atom stereocenters. The Labute approximate surface area is 145 Å². The van der Waals surface area contributed by atoms with Gasteiger partial charge in [-0.1, -0.05) is 5.16 Å². The molecule has 9 heteroatoms. The second kappa shape index (κ2) is 6.25. The Kier molecular flexibility index (Phi) is 3.90. The maximum atomic E-state index is 13.5. The Balaban J connectivity index is 1.75. The molecule has 0 N–H and O–H groups in total. The van der Waals surface area contributed by atoms with E-state index in [0.29, 0.717) is 34.7 Å². The molecular weight excluding hydrogens is 347 g/mol. The molecule has 132 valence electrons. The van der Waals surface area contributed by atoms with Gasteiger partial charge in [-0.25, -0.2) is 27.8 Å². The summed E-state index contributed by atoms with van der Waals surface area (Å²) >= 11 is 0. The van der Waals surface area contributed by atoms with Gasteiger partial charge in [0.25, 0.3) is 6.43 Å². The third kappa shape index (κ3) is 2.92. The van der Waals surface area contributed by atoms with Crippen molar-refractivity contribution in [2.24, 2.45) is 0 Å². The average molecular weight is 359 g/mol. The van der Waals surface area contributed by atoms with Gasteiger partial charge in [0.05, 0.1) is 29.3 Å². The van der Waals surface area contributed by atoms with Crippen LogP contribution in [0.15, 0.2) is 41.2 Å². The fourth-order valence-electron chi connectivity index (χ4n) is 2.61. The molecule has 3 aromatic heterocycles. The highest BCUT2D eigenvalue weighted by atomic mass is 19.3. The number of benzene rings is 1. The summed E-state index contributed by atoms with van der Waals surface area (Å²) in [5.74, 6) is -0.356. The van der Waals surface area contributed by atoms with Crippen LogP contribution >= 0.6 is 0 Å². The normalized spacial score (nSPS) is 11.6. The van der Waals surface area contributed by atoms with Crippen molar-refractivity contribution in [1.29, 1.82) is 0 Å². The molecule has 0 atom stereocenters. The van der Waals surface area contributed by atoms with Crippen LogP contribution in [0.4, 0.5) is 13.2 Å². The first-order chi connectivity index (χ1) is 12.5. The number of aryl methyl sites for hydroxylation is 1. The SMILES string of the molecule is Cc1cc(Cn2ncc3ncc(-c4ccc(F)c(C(F)F)c4)nc32)on1. The average Bonchev–Trinajstić information content (AvgIpc) is 3.21. The number of nitrogens with zero attached hydrogens (tertiary/aromatic N) is 5. The van der Waals surface area contributed by atoms with Crippen LogP contribution in [0.5, 0.6) is 0 Å². The van der Waals surface area contributed by atoms with Crippen LogP contribution in [0.2, 0.25) is 0 Å². The van der Waals surface area contributed by atoms with Gasteiger partial charge in [-0.3, -0.25) is 0 Å². The number of alkyl halides is 2. The summed E-state index contributed by atoms with van der Waals surface area (Å²) in [4.78, 5) is 8.70. The van der Waals surface area contributed by atoms with E-state index in [2.05, 4.69) is 20.2 Å². The van der Waals surface area contributed by atoms with E-state index >= 15 is 0 Å². The van der Waals surface area contributed by atoms with E-state index in [-0.39, 0.29) is 0 Å². The predicted molar refractivity (Wildman–Crippen MR) is 86.0 cm³/mol. The second-order valence-electron chi connectivity index (χ2n) is 5.74. The second-order valence-corrected chi connectivity index (χ2v) is 5.74. The van der Waals surface area contributed by atoms with Crippen molar-refractivity contribution in [2.75, 3.05) is 0 Å². The van der Waals surface area contributed by atoms with Crippen LogP contribution in [0, 0.1) is 12.7 Å². The molecule has 4 rings (SSSR count). The van der Waals surface area contributed by atoms with Gasteiger partial charge in [-0.05, 0) is 25.1 Å². The van der Waals surface area contributed by atoms with Crippen LogP contribution in [-0.2, 0) is 6.54 Å². The zero-order valence-electron chi connectivity index (χ0n) is 13.5. The molecule has 4 aromatic rings. The highest BCUT2D eigenvalue weighted by molar-refractivity contribution is 5.73. The molecule has 0 radical (unpaired) electrons. The number of hydrogen-bond donors (Lipinski definition) is 0. The third-order valence-electron chi connectivity index (χ3n) is 3.85. The summed E-state index contributed by atoms with van der Waals surface area (Å²) < 4.78 is 46.1. The fraction of sp³-hybridized carbons (Fsp3) is 0.176. The number of aromatic nitrogens is 5. The lowest BCUT2D eigenvalue weighted by atomic mass is 10.1. The van der Waals surface area contributed by atoms with E-state index < -0.39 is 17.8 Å². The molecule has 0 aliphatic heterocycles. The molecule has 3 heterocycles. The number of fused-ring (bicyclic) bond motifs is 1. The largest absolute Gasteiger partial charge is 0.359 e. The summed E-state index contributed by atoms with van der Waals surface area (Å²) in [6.45, 7) is 2.11. The highest BCUT2D eigenvalue weighted by Gasteiger charge is 2.16. The van der Waals surface area contributed by atoms with E-state index in [4.69, 9.17) is 4.52 Å². The number of hydrogen-bond acceptors (Lipinski definition) is 5. The summed E-state index contributed by atoms with van der Waals surface area (Å²) in [5.41, 5.74) is 1.76. The number of halogens is 3. The Bertz CT molecular complexity index is 1090. The van der Waals surface area contributed by atoms with Crippen molar-refractivity contribution >= 4 is 11.2 Å². The molecule has 0 spiro atoms. The lowest BCUT2D eigenvalue weighted by molar-refractivity contribution is 0.146. The first-order valence-corrected chi connectivity index (χ1v) is 7.70. The van der Waals surface area contributed by atoms with Gasteiger partial charge in [-0.2, -0.15) is 5.10 Å². The molecule has 0 aliphatic rings. The van der Waals surface area contributed by atoms with E-state index in [1.54, 1.807) is 23.9 Å². The fourth-order valence-corrected chi connectivity index (χ4v) is 2.61. The molecule has 1 aromatic carbocycles. The van der Waals surface area contributed by atoms with Crippen molar-refractivity contribution in [2.45, 2.75) is 19.9 Å². The Hall–Kier alpha value is -3.23. The molecule has 0 amide bonds. The van der Waals surface area contributed by atoms with Crippen molar-refractivity contribution in [1.82, 2.24) is 24.9 Å². The minimum Gasteiger partial charge on any atom is -0.359 e. The summed E-state index contributed by atoms with van der Waals surface area (Å²) in [7, 11) is 0. The third-order valence-corrected chi connectivity index (χ3v) is 3.85. The molecule has 0 saturated carbocycles. The lowest BCUT2D eigenvalue weighted by Crippen LogP contribution is -2.02. The number of rotatable bonds is 4. The maximum Gasteiger partial charge on any atom is 0.266 e. The molecule has 6 nitrogen and oxygen atoms in total. The molecule has 26 heavy (non-hydrogen) atoms. The summed E-state index contributed by atoms with van der Waals surface area (Å²) in [5, 5.41) is 8.04. The Morgan fingerprint density at radius 2 is 2.04 bits per heavy atom. The monoisotopic (exact) mass is 359 g/mol. The zero-order valence-corrected chi connectivity index (χ0v) is 13.5.